The van der Waals surface area contributed by atoms with Crippen LogP contribution in [0.5, 0.6) is 5.75 Å². The molecule has 36 heavy (non-hydrogen) atoms. The lowest BCUT2D eigenvalue weighted by Gasteiger charge is -2.38. The van der Waals surface area contributed by atoms with Gasteiger partial charge in [-0.2, -0.15) is 0 Å². The molecule has 0 bridgehead atoms. The summed E-state index contributed by atoms with van der Waals surface area (Å²) in [7, 11) is 0. The quantitative estimate of drug-likeness (QED) is 0.363. The van der Waals surface area contributed by atoms with Gasteiger partial charge in [-0.3, -0.25) is 4.79 Å². The molecule has 0 unspecified atom stereocenters. The number of aryl methyl sites for hydroxylation is 1. The molecule has 1 aliphatic heterocycles. The summed E-state index contributed by atoms with van der Waals surface area (Å²) in [5.74, 6) is 0.615. The lowest BCUT2D eigenvalue weighted by atomic mass is 10.00. The van der Waals surface area contributed by atoms with Gasteiger partial charge in [0.15, 0.2) is 0 Å². The number of fused-ring (bicyclic) bond motifs is 1. The summed E-state index contributed by atoms with van der Waals surface area (Å²) in [5, 5.41) is 5.66. The van der Waals surface area contributed by atoms with Gasteiger partial charge in [-0.25, -0.2) is 4.79 Å². The highest BCUT2D eigenvalue weighted by molar-refractivity contribution is 7.10. The average Bonchev–Trinajstić information content (AvgIpc) is 3.36. The Balaban J connectivity index is 1.50. The second-order valence-corrected chi connectivity index (χ2v) is 10.5. The molecule has 190 valence electrons. The van der Waals surface area contributed by atoms with E-state index in [0.29, 0.717) is 29.6 Å². The maximum absolute atomic E-state index is 13.7. The van der Waals surface area contributed by atoms with Gasteiger partial charge in [0.1, 0.15) is 18.9 Å². The number of halogens is 1. The predicted molar refractivity (Wildman–Crippen MR) is 146 cm³/mol. The lowest BCUT2D eigenvalue weighted by molar-refractivity contribution is -0.135. The van der Waals surface area contributed by atoms with Crippen molar-refractivity contribution >= 4 is 40.6 Å². The van der Waals surface area contributed by atoms with Gasteiger partial charge < -0.3 is 19.9 Å². The van der Waals surface area contributed by atoms with Crippen molar-refractivity contribution in [3.63, 3.8) is 0 Å². The van der Waals surface area contributed by atoms with Gasteiger partial charge >= 0.3 is 6.03 Å². The molecule has 2 heterocycles. The van der Waals surface area contributed by atoms with Crippen LogP contribution in [0.25, 0.3) is 0 Å². The van der Waals surface area contributed by atoms with Crippen LogP contribution in [0.2, 0.25) is 5.02 Å². The molecule has 2 atom stereocenters. The number of carbonyl (C=O) groups is 2. The van der Waals surface area contributed by atoms with E-state index < -0.39 is 0 Å². The number of urea groups is 1. The number of ether oxygens (including phenoxy) is 1. The largest absolute Gasteiger partial charge is 0.491 e. The number of anilines is 1. The second-order valence-electron chi connectivity index (χ2n) is 9.10. The summed E-state index contributed by atoms with van der Waals surface area (Å²) < 4.78 is 6.08. The van der Waals surface area contributed by atoms with E-state index >= 15 is 0 Å². The fourth-order valence-electron chi connectivity index (χ4n) is 4.30. The van der Waals surface area contributed by atoms with Crippen LogP contribution in [-0.4, -0.2) is 47.5 Å². The lowest BCUT2D eigenvalue weighted by Crippen LogP contribution is -2.50. The van der Waals surface area contributed by atoms with Gasteiger partial charge in [-0.15, -0.1) is 11.3 Å². The van der Waals surface area contributed by atoms with Crippen molar-refractivity contribution in [2.45, 2.75) is 45.7 Å². The molecular weight excluding hydrogens is 494 g/mol. The number of nitrogens with zero attached hydrogens (tertiary/aromatic N) is 2. The van der Waals surface area contributed by atoms with Crippen LogP contribution in [0, 0.1) is 6.92 Å². The molecule has 6 nitrogen and oxygen atoms in total. The number of benzene rings is 2. The highest BCUT2D eigenvalue weighted by atomic mass is 35.5. The van der Waals surface area contributed by atoms with Gasteiger partial charge in [0.25, 0.3) is 0 Å². The van der Waals surface area contributed by atoms with Crippen molar-refractivity contribution in [2.24, 2.45) is 0 Å². The van der Waals surface area contributed by atoms with Crippen molar-refractivity contribution in [3.05, 3.63) is 81.0 Å². The number of amides is 3. The fourth-order valence-corrected chi connectivity index (χ4v) is 5.35. The summed E-state index contributed by atoms with van der Waals surface area (Å²) in [5.41, 5.74) is 2.95. The Morgan fingerprint density at radius 2 is 1.89 bits per heavy atom. The standard InChI is InChI=1S/C28H32ClN3O3S/c1-4-20(3)32(28(34)30-22-9-5-19(2)6-10-22)17-27(33)31-15-13-26-24(14-16-36-26)25(31)18-35-23-11-7-21(29)8-12-23/h5-12,14,16,20,25H,4,13,15,17-18H2,1-3H3,(H,30,34)/t20-,25+/m1/s1. The Morgan fingerprint density at radius 3 is 2.58 bits per heavy atom. The molecule has 8 heteroatoms. The summed E-state index contributed by atoms with van der Waals surface area (Å²) >= 11 is 7.71. The molecule has 3 amide bonds. The molecule has 4 rings (SSSR count). The molecule has 0 aliphatic carbocycles. The van der Waals surface area contributed by atoms with Crippen molar-refractivity contribution in [2.75, 3.05) is 25.0 Å². The van der Waals surface area contributed by atoms with Crippen LogP contribution in [0.1, 0.15) is 42.3 Å². The first-order chi connectivity index (χ1) is 17.4. The third-order valence-electron chi connectivity index (χ3n) is 6.63. The molecule has 0 saturated heterocycles. The van der Waals surface area contributed by atoms with Crippen LogP contribution in [0.4, 0.5) is 10.5 Å². The Hall–Kier alpha value is -3.03. The minimum Gasteiger partial charge on any atom is -0.491 e. The zero-order chi connectivity index (χ0) is 25.7. The maximum Gasteiger partial charge on any atom is 0.322 e. The van der Waals surface area contributed by atoms with Crippen molar-refractivity contribution in [3.8, 4) is 5.75 Å². The smallest absolute Gasteiger partial charge is 0.322 e. The second kappa shape index (κ2) is 11.8. The third-order valence-corrected chi connectivity index (χ3v) is 7.88. The SMILES string of the molecule is CC[C@@H](C)N(CC(=O)N1CCc2sccc2[C@@H]1COc1ccc(Cl)cc1)C(=O)Nc1ccc(C)cc1. The van der Waals surface area contributed by atoms with E-state index in [0.717, 1.165) is 24.0 Å². The minimum absolute atomic E-state index is 0.00359. The molecular formula is C28H32ClN3O3S. The van der Waals surface area contributed by atoms with Gasteiger partial charge in [0.05, 0.1) is 6.04 Å². The van der Waals surface area contributed by atoms with Gasteiger partial charge in [0, 0.05) is 28.2 Å². The van der Waals surface area contributed by atoms with E-state index in [4.69, 9.17) is 16.3 Å². The van der Waals surface area contributed by atoms with E-state index in [1.54, 1.807) is 28.4 Å². The number of carbonyl (C=O) groups excluding carboxylic acids is 2. The molecule has 2 aromatic carbocycles. The molecule has 0 fully saturated rings. The Bertz CT molecular complexity index is 1180. The number of rotatable bonds is 8. The average molecular weight is 526 g/mol. The topological polar surface area (TPSA) is 61.9 Å². The van der Waals surface area contributed by atoms with E-state index in [2.05, 4.69) is 16.8 Å². The summed E-state index contributed by atoms with van der Waals surface area (Å²) in [6.45, 7) is 6.91. The van der Waals surface area contributed by atoms with E-state index in [9.17, 15) is 9.59 Å². The number of hydrogen-bond donors (Lipinski definition) is 1. The zero-order valence-corrected chi connectivity index (χ0v) is 22.4. The van der Waals surface area contributed by atoms with Crippen molar-refractivity contribution in [1.29, 1.82) is 0 Å². The van der Waals surface area contributed by atoms with Crippen molar-refractivity contribution in [1.82, 2.24) is 9.80 Å². The molecule has 1 aromatic heterocycles. The van der Waals surface area contributed by atoms with Gasteiger partial charge in [-0.05, 0) is 80.1 Å². The summed E-state index contributed by atoms with van der Waals surface area (Å²) in [6, 6.07) is 16.4. The number of hydrogen-bond acceptors (Lipinski definition) is 4. The maximum atomic E-state index is 13.7. The monoisotopic (exact) mass is 525 g/mol. The van der Waals surface area contributed by atoms with Gasteiger partial charge in [-0.1, -0.05) is 36.2 Å². The molecule has 3 aromatic rings. The first-order valence-electron chi connectivity index (χ1n) is 12.2. The van der Waals surface area contributed by atoms with Crippen LogP contribution in [-0.2, 0) is 11.2 Å². The highest BCUT2D eigenvalue weighted by Crippen LogP contribution is 2.34. The highest BCUT2D eigenvalue weighted by Gasteiger charge is 2.34. The molecule has 1 aliphatic rings. The fraction of sp³-hybridized carbons (Fsp3) is 0.357. The Kier molecular flexibility index (Phi) is 8.54. The van der Waals surface area contributed by atoms with Crippen LogP contribution < -0.4 is 10.1 Å². The number of nitrogens with one attached hydrogen (secondary N) is 1. The van der Waals surface area contributed by atoms with Crippen molar-refractivity contribution < 1.29 is 14.3 Å². The molecule has 1 N–H and O–H groups in total. The minimum atomic E-state index is -0.274. The third kappa shape index (κ3) is 6.20. The van der Waals surface area contributed by atoms with Gasteiger partial charge in [0.2, 0.25) is 5.91 Å². The van der Waals surface area contributed by atoms with Crippen LogP contribution in [0.3, 0.4) is 0 Å². The molecule has 0 spiro atoms. The normalized spacial score (nSPS) is 15.7. The summed E-state index contributed by atoms with van der Waals surface area (Å²) in [4.78, 5) is 31.6. The van der Waals surface area contributed by atoms with Crippen LogP contribution in [0.15, 0.2) is 60.0 Å². The zero-order valence-electron chi connectivity index (χ0n) is 20.9. The summed E-state index contributed by atoms with van der Waals surface area (Å²) in [6.07, 6.45) is 1.54. The van der Waals surface area contributed by atoms with E-state index in [1.165, 1.54) is 4.88 Å². The first-order valence-corrected chi connectivity index (χ1v) is 13.5. The van der Waals surface area contributed by atoms with E-state index in [1.807, 2.05) is 62.1 Å². The number of thiophene rings is 1. The molecule has 0 saturated carbocycles. The molecule has 0 radical (unpaired) electrons. The Labute approximate surface area is 221 Å². The van der Waals surface area contributed by atoms with E-state index in [-0.39, 0.29) is 30.6 Å². The first kappa shape index (κ1) is 26.0. The predicted octanol–water partition coefficient (Wildman–Crippen LogP) is 6.55. The van der Waals surface area contributed by atoms with Crippen LogP contribution >= 0.6 is 22.9 Å². The Morgan fingerprint density at radius 1 is 1.17 bits per heavy atom.